The molecule has 0 aliphatic heterocycles. The van der Waals surface area contributed by atoms with Gasteiger partial charge in [-0.3, -0.25) is 9.59 Å². The maximum atomic E-state index is 14.8. The normalized spacial score (nSPS) is 17.8. The lowest BCUT2D eigenvalue weighted by molar-refractivity contribution is -0.117. The molecule has 2 atom stereocenters. The third-order valence-electron chi connectivity index (χ3n) is 5.82. The molecule has 37 heavy (non-hydrogen) atoms. The fraction of sp³-hybridized carbons (Fsp3) is 0.200. The zero-order chi connectivity index (χ0) is 27.2. The summed E-state index contributed by atoms with van der Waals surface area (Å²) in [4.78, 5) is 27.2. The van der Waals surface area contributed by atoms with E-state index in [2.05, 4.69) is 10.6 Å². The smallest absolute Gasteiger partial charge is 0.257 e. The van der Waals surface area contributed by atoms with Gasteiger partial charge in [-0.25, -0.2) is 8.78 Å². The van der Waals surface area contributed by atoms with Gasteiger partial charge in [0.15, 0.2) is 5.82 Å². The van der Waals surface area contributed by atoms with Gasteiger partial charge in [-0.2, -0.15) is 0 Å². The van der Waals surface area contributed by atoms with E-state index in [1.165, 1.54) is 37.2 Å². The van der Waals surface area contributed by atoms with E-state index in [4.69, 9.17) is 58.0 Å². The third-order valence-corrected chi connectivity index (χ3v) is 7.53. The van der Waals surface area contributed by atoms with Gasteiger partial charge < -0.3 is 15.5 Å². The number of nitrogens with one attached hydrogen (secondary N) is 2. The molecule has 1 fully saturated rings. The summed E-state index contributed by atoms with van der Waals surface area (Å²) >= 11 is 31.1. The lowest BCUT2D eigenvalue weighted by atomic mass is 10.1. The zero-order valence-electron chi connectivity index (χ0n) is 19.2. The molecule has 0 spiro atoms. The number of alkyl halides is 2. The third kappa shape index (κ3) is 5.61. The number of hydrogen-bond donors (Lipinski definition) is 2. The Hall–Kier alpha value is -2.29. The number of anilines is 3. The Labute approximate surface area is 236 Å². The number of benzene rings is 3. The van der Waals surface area contributed by atoms with E-state index < -0.39 is 39.6 Å². The maximum absolute atomic E-state index is 14.8. The predicted molar refractivity (Wildman–Crippen MR) is 146 cm³/mol. The molecule has 0 heterocycles. The highest BCUT2D eigenvalue weighted by molar-refractivity contribution is 6.53. The summed E-state index contributed by atoms with van der Waals surface area (Å²) in [6, 6.07) is 11.2. The van der Waals surface area contributed by atoms with Crippen molar-refractivity contribution >= 4 is 86.9 Å². The van der Waals surface area contributed by atoms with Gasteiger partial charge in [0.05, 0.1) is 22.2 Å². The molecule has 2 N–H and O–H groups in total. The van der Waals surface area contributed by atoms with Crippen LogP contribution in [0.3, 0.4) is 0 Å². The first kappa shape index (κ1) is 27.7. The zero-order valence-corrected chi connectivity index (χ0v) is 23.0. The van der Waals surface area contributed by atoms with E-state index in [0.717, 1.165) is 12.1 Å². The number of carbonyl (C=O) groups is 2. The summed E-state index contributed by atoms with van der Waals surface area (Å²) < 4.78 is 27.4. The van der Waals surface area contributed by atoms with Gasteiger partial charge in [-0.15, -0.1) is 23.2 Å². The fourth-order valence-corrected chi connectivity index (χ4v) is 5.63. The Morgan fingerprint density at radius 1 is 0.919 bits per heavy atom. The van der Waals surface area contributed by atoms with Crippen molar-refractivity contribution in [2.24, 2.45) is 5.92 Å². The van der Waals surface area contributed by atoms with Crippen LogP contribution in [0, 0.1) is 17.6 Å². The van der Waals surface area contributed by atoms with Crippen LogP contribution in [0.25, 0.3) is 0 Å². The lowest BCUT2D eigenvalue weighted by Gasteiger charge is -2.17. The second-order valence-electron chi connectivity index (χ2n) is 8.62. The van der Waals surface area contributed by atoms with Crippen molar-refractivity contribution < 1.29 is 18.4 Å². The van der Waals surface area contributed by atoms with Crippen molar-refractivity contribution in [2.45, 2.75) is 10.3 Å². The molecular formula is C25H18Cl5F2N3O2. The molecule has 1 aliphatic rings. The highest BCUT2D eigenvalue weighted by atomic mass is 35.5. The molecule has 0 saturated heterocycles. The minimum Gasteiger partial charge on any atom is -0.373 e. The molecule has 0 bridgehead atoms. The van der Waals surface area contributed by atoms with Crippen molar-refractivity contribution in [3.63, 3.8) is 0 Å². The Kier molecular flexibility index (Phi) is 7.84. The molecule has 0 radical (unpaired) electrons. The topological polar surface area (TPSA) is 61.4 Å². The Balaban J connectivity index is 1.53. The van der Waals surface area contributed by atoms with Gasteiger partial charge in [0, 0.05) is 35.7 Å². The molecule has 3 aromatic rings. The average molecular weight is 608 g/mol. The van der Waals surface area contributed by atoms with Crippen molar-refractivity contribution in [3.8, 4) is 0 Å². The Morgan fingerprint density at radius 3 is 2.19 bits per heavy atom. The second-order valence-corrected chi connectivity index (χ2v) is 11.3. The van der Waals surface area contributed by atoms with Crippen LogP contribution in [0.2, 0.25) is 15.1 Å². The summed E-state index contributed by atoms with van der Waals surface area (Å²) in [5.74, 6) is -4.37. The quantitative estimate of drug-likeness (QED) is 0.282. The molecular weight excluding hydrogens is 590 g/mol. The standard InChI is InChI=1S/C25H18Cl5F2N3O2/c1-35(2)22-17(31)5-6-18(21(22)32)34-23(36)15-10-14(3-4-16(15)28)33-24(37)20-19(25(20,29)30)11-7-12(26)9-13(27)8-11/h3-10,19-20H,1-2H3,(H,33,37)(H,34,36)/t19-,20+/m0/s1. The molecule has 4 rings (SSSR count). The highest BCUT2D eigenvalue weighted by Crippen LogP contribution is 2.65. The summed E-state index contributed by atoms with van der Waals surface area (Å²) in [6.45, 7) is 0. The number of nitrogens with zero attached hydrogens (tertiary/aromatic N) is 1. The molecule has 0 aromatic heterocycles. The van der Waals surface area contributed by atoms with Crippen LogP contribution < -0.4 is 15.5 Å². The fourth-order valence-electron chi connectivity index (χ4n) is 4.06. The Bertz CT molecular complexity index is 1400. The van der Waals surface area contributed by atoms with Crippen molar-refractivity contribution in [1.29, 1.82) is 0 Å². The van der Waals surface area contributed by atoms with E-state index in [-0.39, 0.29) is 27.6 Å². The number of amides is 2. The molecule has 2 amide bonds. The van der Waals surface area contributed by atoms with E-state index in [0.29, 0.717) is 15.6 Å². The monoisotopic (exact) mass is 605 g/mol. The molecule has 194 valence electrons. The number of hydrogen-bond acceptors (Lipinski definition) is 3. The van der Waals surface area contributed by atoms with Crippen LogP contribution >= 0.6 is 58.0 Å². The van der Waals surface area contributed by atoms with Gasteiger partial charge in [0.1, 0.15) is 15.8 Å². The summed E-state index contributed by atoms with van der Waals surface area (Å²) in [7, 11) is 2.94. The molecule has 0 unspecified atom stereocenters. The van der Waals surface area contributed by atoms with Gasteiger partial charge in [0.2, 0.25) is 5.91 Å². The molecule has 3 aromatic carbocycles. The largest absolute Gasteiger partial charge is 0.373 e. The van der Waals surface area contributed by atoms with E-state index in [9.17, 15) is 18.4 Å². The van der Waals surface area contributed by atoms with Crippen LogP contribution in [0.4, 0.5) is 25.8 Å². The number of carbonyl (C=O) groups excluding carboxylic acids is 2. The molecule has 5 nitrogen and oxygen atoms in total. The molecule has 12 heteroatoms. The van der Waals surface area contributed by atoms with E-state index >= 15 is 0 Å². The van der Waals surface area contributed by atoms with Gasteiger partial charge in [-0.1, -0.05) is 34.8 Å². The summed E-state index contributed by atoms with van der Waals surface area (Å²) in [5.41, 5.74) is 0.238. The maximum Gasteiger partial charge on any atom is 0.257 e. The van der Waals surface area contributed by atoms with Crippen LogP contribution in [0.5, 0.6) is 0 Å². The van der Waals surface area contributed by atoms with Gasteiger partial charge >= 0.3 is 0 Å². The Morgan fingerprint density at radius 2 is 1.57 bits per heavy atom. The van der Waals surface area contributed by atoms with E-state index in [1.54, 1.807) is 18.2 Å². The van der Waals surface area contributed by atoms with Gasteiger partial charge in [-0.05, 0) is 54.1 Å². The van der Waals surface area contributed by atoms with Crippen LogP contribution in [0.15, 0.2) is 48.5 Å². The summed E-state index contributed by atoms with van der Waals surface area (Å²) in [5, 5.41) is 5.86. The first-order valence-corrected chi connectivity index (χ1v) is 12.6. The molecule has 1 saturated carbocycles. The average Bonchev–Trinajstić information content (AvgIpc) is 3.38. The van der Waals surface area contributed by atoms with Crippen LogP contribution in [-0.2, 0) is 4.79 Å². The SMILES string of the molecule is CN(C)c1c(F)ccc(NC(=O)c2cc(NC(=O)[C@H]3[C@H](c4cc(Cl)cc(Cl)c4)C3(Cl)Cl)ccc2Cl)c1F. The van der Waals surface area contributed by atoms with Crippen molar-refractivity contribution in [2.75, 3.05) is 29.6 Å². The number of rotatable bonds is 6. The first-order chi connectivity index (χ1) is 17.3. The number of halogens is 7. The van der Waals surface area contributed by atoms with Crippen LogP contribution in [0.1, 0.15) is 21.8 Å². The lowest BCUT2D eigenvalue weighted by Crippen LogP contribution is -2.19. The minimum atomic E-state index is -1.39. The van der Waals surface area contributed by atoms with Crippen LogP contribution in [-0.4, -0.2) is 30.2 Å². The first-order valence-electron chi connectivity index (χ1n) is 10.7. The highest BCUT2D eigenvalue weighted by Gasteiger charge is 2.67. The second kappa shape index (κ2) is 10.5. The predicted octanol–water partition coefficient (Wildman–Crippen LogP) is 7.77. The van der Waals surface area contributed by atoms with E-state index in [1.807, 2.05) is 0 Å². The minimum absolute atomic E-state index is 0.0488. The van der Waals surface area contributed by atoms with Crippen molar-refractivity contribution in [1.82, 2.24) is 0 Å². The molecule has 1 aliphatic carbocycles. The van der Waals surface area contributed by atoms with Gasteiger partial charge in [0.25, 0.3) is 5.91 Å². The van der Waals surface area contributed by atoms with Crippen molar-refractivity contribution in [3.05, 3.63) is 86.4 Å². The summed E-state index contributed by atoms with van der Waals surface area (Å²) in [6.07, 6.45) is 0.